The summed E-state index contributed by atoms with van der Waals surface area (Å²) >= 11 is 6.01. The summed E-state index contributed by atoms with van der Waals surface area (Å²) in [6.07, 6.45) is 0. The third kappa shape index (κ3) is 2.09. The van der Waals surface area contributed by atoms with E-state index in [-0.39, 0.29) is 5.75 Å². The Morgan fingerprint density at radius 1 is 0.773 bits per heavy atom. The van der Waals surface area contributed by atoms with Crippen molar-refractivity contribution in [3.05, 3.63) is 71.8 Å². The van der Waals surface area contributed by atoms with E-state index in [0.29, 0.717) is 5.02 Å². The van der Waals surface area contributed by atoms with Crippen LogP contribution in [0.4, 0.5) is 0 Å². The summed E-state index contributed by atoms with van der Waals surface area (Å²) < 4.78 is 0. The van der Waals surface area contributed by atoms with Gasteiger partial charge in [-0.1, -0.05) is 41.9 Å². The van der Waals surface area contributed by atoms with Gasteiger partial charge >= 0.3 is 0 Å². The third-order valence-corrected chi connectivity index (χ3v) is 4.05. The highest BCUT2D eigenvalue weighted by molar-refractivity contribution is 6.30. The quantitative estimate of drug-likeness (QED) is 0.477. The molecular weight excluding hydrogens is 294 g/mol. The molecule has 4 aromatic rings. The third-order valence-electron chi connectivity index (χ3n) is 3.80. The van der Waals surface area contributed by atoms with Gasteiger partial charge in [-0.2, -0.15) is 0 Å². The van der Waals surface area contributed by atoms with Gasteiger partial charge < -0.3 is 5.11 Å². The van der Waals surface area contributed by atoms with E-state index in [1.807, 2.05) is 48.5 Å². The molecule has 0 saturated heterocycles. The molecule has 0 radical (unpaired) electrons. The zero-order chi connectivity index (χ0) is 15.1. The average Bonchev–Trinajstić information content (AvgIpc) is 2.53. The number of halogens is 1. The fraction of sp³-hybridized carbons (Fsp3) is 0. The van der Waals surface area contributed by atoms with Gasteiger partial charge in [0.15, 0.2) is 0 Å². The minimum absolute atomic E-state index is 0.220. The SMILES string of the molecule is Oc1ccc2c(-c3ccc(Cl)cc3)c3ccccc3nc2c1. The van der Waals surface area contributed by atoms with Gasteiger partial charge in [-0.25, -0.2) is 4.98 Å². The van der Waals surface area contributed by atoms with E-state index < -0.39 is 0 Å². The van der Waals surface area contributed by atoms with Crippen LogP contribution in [0.1, 0.15) is 0 Å². The van der Waals surface area contributed by atoms with Crippen LogP contribution in [0.3, 0.4) is 0 Å². The largest absolute Gasteiger partial charge is 0.508 e. The molecular formula is C19H12ClNO. The molecule has 1 aromatic heterocycles. The highest BCUT2D eigenvalue weighted by atomic mass is 35.5. The summed E-state index contributed by atoms with van der Waals surface area (Å²) in [6, 6.07) is 21.1. The molecule has 1 heterocycles. The second kappa shape index (κ2) is 5.00. The molecule has 22 heavy (non-hydrogen) atoms. The highest BCUT2D eigenvalue weighted by Gasteiger charge is 2.11. The number of benzene rings is 3. The lowest BCUT2D eigenvalue weighted by Gasteiger charge is -2.11. The molecule has 0 saturated carbocycles. The molecule has 1 N–H and O–H groups in total. The zero-order valence-electron chi connectivity index (χ0n) is 11.6. The summed E-state index contributed by atoms with van der Waals surface area (Å²) in [5, 5.41) is 12.6. The number of rotatable bonds is 1. The van der Waals surface area contributed by atoms with Crippen LogP contribution >= 0.6 is 11.6 Å². The predicted octanol–water partition coefficient (Wildman–Crippen LogP) is 5.41. The van der Waals surface area contributed by atoms with E-state index >= 15 is 0 Å². The Morgan fingerprint density at radius 3 is 2.32 bits per heavy atom. The first-order valence-corrected chi connectivity index (χ1v) is 7.37. The maximum absolute atomic E-state index is 9.74. The number of aromatic hydroxyl groups is 1. The highest BCUT2D eigenvalue weighted by Crippen LogP contribution is 2.36. The molecule has 0 spiro atoms. The zero-order valence-corrected chi connectivity index (χ0v) is 12.4. The molecule has 3 aromatic carbocycles. The number of nitrogens with zero attached hydrogens (tertiary/aromatic N) is 1. The summed E-state index contributed by atoms with van der Waals surface area (Å²) in [7, 11) is 0. The molecule has 0 unspecified atom stereocenters. The van der Waals surface area contributed by atoms with Gasteiger partial charge in [0.1, 0.15) is 5.75 Å². The van der Waals surface area contributed by atoms with Crippen LogP contribution in [0.15, 0.2) is 66.7 Å². The van der Waals surface area contributed by atoms with E-state index in [9.17, 15) is 5.11 Å². The van der Waals surface area contributed by atoms with Gasteiger partial charge in [-0.15, -0.1) is 0 Å². The number of para-hydroxylation sites is 1. The van der Waals surface area contributed by atoms with Crippen molar-refractivity contribution in [3.8, 4) is 16.9 Å². The molecule has 2 nitrogen and oxygen atoms in total. The first-order chi connectivity index (χ1) is 10.7. The Balaban J connectivity index is 2.18. The summed E-state index contributed by atoms with van der Waals surface area (Å²) in [4.78, 5) is 4.66. The minimum Gasteiger partial charge on any atom is -0.508 e. The van der Waals surface area contributed by atoms with Crippen LogP contribution in [0.5, 0.6) is 5.75 Å². The van der Waals surface area contributed by atoms with E-state index in [1.165, 1.54) is 0 Å². The number of phenols is 1. The number of phenolic OH excluding ortho intramolecular Hbond substituents is 1. The molecule has 0 fully saturated rings. The lowest BCUT2D eigenvalue weighted by Crippen LogP contribution is -1.89. The Hall–Kier alpha value is -2.58. The van der Waals surface area contributed by atoms with Crippen molar-refractivity contribution >= 4 is 33.4 Å². The molecule has 0 aliphatic carbocycles. The second-order valence-corrected chi connectivity index (χ2v) is 5.65. The second-order valence-electron chi connectivity index (χ2n) is 5.21. The van der Waals surface area contributed by atoms with Gasteiger partial charge in [0.2, 0.25) is 0 Å². The van der Waals surface area contributed by atoms with E-state index in [0.717, 1.165) is 32.9 Å². The van der Waals surface area contributed by atoms with Crippen LogP contribution in [-0.2, 0) is 0 Å². The molecule has 4 rings (SSSR count). The Labute approximate surface area is 132 Å². The average molecular weight is 306 g/mol. The van der Waals surface area contributed by atoms with Crippen LogP contribution in [0.2, 0.25) is 5.02 Å². The standard InChI is InChI=1S/C19H12ClNO/c20-13-7-5-12(6-8-13)19-15-3-1-2-4-17(15)21-18-11-14(22)9-10-16(18)19/h1-11,22H. The molecule has 3 heteroatoms. The number of hydrogen-bond acceptors (Lipinski definition) is 2. The first-order valence-electron chi connectivity index (χ1n) is 7.00. The topological polar surface area (TPSA) is 33.1 Å². The van der Waals surface area contributed by atoms with Crippen molar-refractivity contribution in [1.82, 2.24) is 4.98 Å². The van der Waals surface area contributed by atoms with Crippen molar-refractivity contribution in [3.63, 3.8) is 0 Å². The van der Waals surface area contributed by atoms with E-state index in [4.69, 9.17) is 11.6 Å². The smallest absolute Gasteiger partial charge is 0.117 e. The van der Waals surface area contributed by atoms with Crippen molar-refractivity contribution in [2.45, 2.75) is 0 Å². The fourth-order valence-corrected chi connectivity index (χ4v) is 2.93. The van der Waals surface area contributed by atoms with Crippen molar-refractivity contribution in [2.24, 2.45) is 0 Å². The van der Waals surface area contributed by atoms with Crippen molar-refractivity contribution < 1.29 is 5.11 Å². The summed E-state index contributed by atoms with van der Waals surface area (Å²) in [5.74, 6) is 0.220. The lowest BCUT2D eigenvalue weighted by molar-refractivity contribution is 0.476. The van der Waals surface area contributed by atoms with Gasteiger partial charge in [0.05, 0.1) is 11.0 Å². The van der Waals surface area contributed by atoms with Gasteiger partial charge in [-0.3, -0.25) is 0 Å². The van der Waals surface area contributed by atoms with Crippen LogP contribution < -0.4 is 0 Å². The molecule has 0 atom stereocenters. The number of pyridine rings is 1. The Kier molecular flexibility index (Phi) is 2.98. The maximum Gasteiger partial charge on any atom is 0.117 e. The van der Waals surface area contributed by atoms with Crippen LogP contribution in [0.25, 0.3) is 32.9 Å². The molecule has 0 aliphatic rings. The number of fused-ring (bicyclic) bond motifs is 2. The van der Waals surface area contributed by atoms with Crippen molar-refractivity contribution in [2.75, 3.05) is 0 Å². The van der Waals surface area contributed by atoms with Crippen LogP contribution in [0, 0.1) is 0 Å². The minimum atomic E-state index is 0.220. The van der Waals surface area contributed by atoms with Gasteiger partial charge in [0, 0.05) is 27.4 Å². The summed E-state index contributed by atoms with van der Waals surface area (Å²) in [5.41, 5.74) is 3.88. The maximum atomic E-state index is 9.74. The number of hydrogen-bond donors (Lipinski definition) is 1. The molecule has 0 amide bonds. The van der Waals surface area contributed by atoms with Crippen molar-refractivity contribution in [1.29, 1.82) is 0 Å². The lowest BCUT2D eigenvalue weighted by atomic mass is 9.96. The normalized spacial score (nSPS) is 11.1. The van der Waals surface area contributed by atoms with Gasteiger partial charge in [-0.05, 0) is 35.9 Å². The first kappa shape index (κ1) is 13.1. The fourth-order valence-electron chi connectivity index (χ4n) is 2.81. The predicted molar refractivity (Wildman–Crippen MR) is 91.4 cm³/mol. The van der Waals surface area contributed by atoms with E-state index in [2.05, 4.69) is 11.1 Å². The monoisotopic (exact) mass is 305 g/mol. The Bertz CT molecular complexity index is 993. The van der Waals surface area contributed by atoms with Crippen LogP contribution in [-0.4, -0.2) is 10.1 Å². The van der Waals surface area contributed by atoms with Gasteiger partial charge in [0.25, 0.3) is 0 Å². The molecule has 106 valence electrons. The molecule has 0 aliphatic heterocycles. The van der Waals surface area contributed by atoms with E-state index in [1.54, 1.807) is 12.1 Å². The number of aromatic nitrogens is 1. The molecule has 0 bridgehead atoms. The Morgan fingerprint density at radius 2 is 1.50 bits per heavy atom. The summed E-state index contributed by atoms with van der Waals surface area (Å²) in [6.45, 7) is 0.